The highest BCUT2D eigenvalue weighted by Crippen LogP contribution is 2.20. The van der Waals surface area contributed by atoms with Crippen molar-refractivity contribution < 1.29 is 9.69 Å². The van der Waals surface area contributed by atoms with Gasteiger partial charge in [-0.2, -0.15) is 0 Å². The second-order valence-corrected chi connectivity index (χ2v) is 7.95. The number of primary amides is 1. The summed E-state index contributed by atoms with van der Waals surface area (Å²) in [6.07, 6.45) is 6.25. The van der Waals surface area contributed by atoms with E-state index in [0.29, 0.717) is 0 Å². The molecule has 2 saturated heterocycles. The number of hydrogen-bond donors (Lipinski definition) is 3. The number of nitrogens with zero attached hydrogens (tertiary/aromatic N) is 1. The fraction of sp³-hybridized carbons (Fsp3) is 0.600. The summed E-state index contributed by atoms with van der Waals surface area (Å²) in [6.45, 7) is 4.59. The molecule has 2 aliphatic heterocycles. The normalized spacial score (nSPS) is 20.5. The van der Waals surface area contributed by atoms with Crippen LogP contribution in [0.5, 0.6) is 0 Å². The van der Waals surface area contributed by atoms with E-state index in [1.54, 1.807) is 0 Å². The van der Waals surface area contributed by atoms with Gasteiger partial charge >= 0.3 is 0 Å². The maximum atomic E-state index is 12.3. The van der Waals surface area contributed by atoms with E-state index < -0.39 is 5.54 Å². The van der Waals surface area contributed by atoms with E-state index in [-0.39, 0.29) is 5.91 Å². The second kappa shape index (κ2) is 8.82. The number of rotatable bonds is 5. The van der Waals surface area contributed by atoms with Gasteiger partial charge in [0.05, 0.1) is 13.1 Å². The van der Waals surface area contributed by atoms with Crippen molar-refractivity contribution in [2.75, 3.05) is 32.7 Å². The number of nitrogens with one attached hydrogen (secondary N) is 2. The van der Waals surface area contributed by atoms with Crippen molar-refractivity contribution in [3.05, 3.63) is 35.9 Å². The number of piperidine rings is 2. The first-order valence-corrected chi connectivity index (χ1v) is 10.2. The molecule has 3 rings (SSSR count). The summed E-state index contributed by atoms with van der Waals surface area (Å²) in [5.74, 6) is -0.128. The van der Waals surface area contributed by atoms with E-state index in [1.807, 2.05) is 6.07 Å². The molecule has 6 heteroatoms. The average Bonchev–Trinajstić information content (AvgIpc) is 2.69. The summed E-state index contributed by atoms with van der Waals surface area (Å²) >= 11 is 5.58. The predicted octanol–water partition coefficient (Wildman–Crippen LogP) is 0.492. The van der Waals surface area contributed by atoms with Gasteiger partial charge in [-0.25, -0.2) is 0 Å². The van der Waals surface area contributed by atoms with Crippen LogP contribution in [0.25, 0.3) is 0 Å². The van der Waals surface area contributed by atoms with Gasteiger partial charge in [0.1, 0.15) is 0 Å². The molecule has 26 heavy (non-hydrogen) atoms. The molecule has 0 spiro atoms. The molecule has 1 aromatic carbocycles. The number of carbonyl (C=O) groups excluding carboxylic acids is 1. The summed E-state index contributed by atoms with van der Waals surface area (Å²) in [6, 6.07) is 10.4. The molecular formula is C20H31N4OS+. The molecule has 5 nitrogen and oxygen atoms in total. The van der Waals surface area contributed by atoms with Crippen LogP contribution in [0.3, 0.4) is 0 Å². The fourth-order valence-electron chi connectivity index (χ4n) is 4.39. The van der Waals surface area contributed by atoms with Crippen LogP contribution in [0.1, 0.15) is 37.7 Å². The molecule has 0 unspecified atom stereocenters. The van der Waals surface area contributed by atoms with Gasteiger partial charge in [-0.15, -0.1) is 0 Å². The van der Waals surface area contributed by atoms with Gasteiger partial charge in [-0.3, -0.25) is 4.79 Å². The summed E-state index contributed by atoms with van der Waals surface area (Å²) in [5.41, 5.74) is 6.79. The van der Waals surface area contributed by atoms with Gasteiger partial charge in [0.15, 0.2) is 10.7 Å². The van der Waals surface area contributed by atoms with Crippen LogP contribution in [0.2, 0.25) is 0 Å². The third kappa shape index (κ3) is 4.35. The standard InChI is InChI=1S/C20H30N4OS/c21-18(25)20(24-13-5-2-6-14-24)10-15-23(16-11-20)19(26)22-12-9-17-7-3-1-4-8-17/h1,3-4,7-8H,2,5-6,9-16H2,(H2,21,25)(H,22,26)/p+1. The molecule has 0 bridgehead atoms. The highest BCUT2D eigenvalue weighted by Gasteiger charge is 2.49. The number of benzene rings is 1. The molecule has 142 valence electrons. The third-order valence-electron chi connectivity index (χ3n) is 6.04. The maximum Gasteiger partial charge on any atom is 0.278 e. The van der Waals surface area contributed by atoms with Gasteiger partial charge in [0.25, 0.3) is 5.91 Å². The van der Waals surface area contributed by atoms with E-state index in [0.717, 1.165) is 57.1 Å². The number of amides is 1. The van der Waals surface area contributed by atoms with Crippen LogP contribution >= 0.6 is 12.2 Å². The third-order valence-corrected chi connectivity index (χ3v) is 6.45. The average molecular weight is 376 g/mol. The van der Waals surface area contributed by atoms with Crippen LogP contribution in [0, 0.1) is 0 Å². The lowest BCUT2D eigenvalue weighted by atomic mass is 9.83. The largest absolute Gasteiger partial charge is 0.364 e. The summed E-state index contributed by atoms with van der Waals surface area (Å²) in [5, 5.41) is 4.17. The maximum absolute atomic E-state index is 12.3. The van der Waals surface area contributed by atoms with Crippen molar-refractivity contribution >= 4 is 23.2 Å². The number of carbonyl (C=O) groups is 1. The van der Waals surface area contributed by atoms with E-state index in [4.69, 9.17) is 18.0 Å². The molecule has 1 amide bonds. The van der Waals surface area contributed by atoms with Crippen LogP contribution in [0.15, 0.2) is 30.3 Å². The minimum Gasteiger partial charge on any atom is -0.364 e. The number of hydrogen-bond acceptors (Lipinski definition) is 2. The SMILES string of the molecule is NC(=O)C1([NH+]2CCCCC2)CCN(C(=S)NCCc2ccccc2)CC1. The zero-order valence-electron chi connectivity index (χ0n) is 15.5. The van der Waals surface area contributed by atoms with Gasteiger partial charge in [-0.1, -0.05) is 30.3 Å². The molecule has 1 aromatic rings. The Labute approximate surface area is 161 Å². The smallest absolute Gasteiger partial charge is 0.278 e. The van der Waals surface area contributed by atoms with Gasteiger partial charge < -0.3 is 20.9 Å². The molecule has 4 N–H and O–H groups in total. The molecule has 0 atom stereocenters. The van der Waals surface area contributed by atoms with Gasteiger partial charge in [-0.05, 0) is 43.5 Å². The van der Waals surface area contributed by atoms with E-state index >= 15 is 0 Å². The Hall–Kier alpha value is -1.66. The van der Waals surface area contributed by atoms with Crippen molar-refractivity contribution in [2.24, 2.45) is 5.73 Å². The Balaban J connectivity index is 1.50. The molecular weight excluding hydrogens is 344 g/mol. The number of likely N-dealkylation sites (tertiary alicyclic amines) is 2. The molecule has 0 aliphatic carbocycles. The Morgan fingerprint density at radius 3 is 2.42 bits per heavy atom. The quantitative estimate of drug-likeness (QED) is 0.656. The monoisotopic (exact) mass is 375 g/mol. The first-order valence-electron chi connectivity index (χ1n) is 9.83. The summed E-state index contributed by atoms with van der Waals surface area (Å²) in [7, 11) is 0. The topological polar surface area (TPSA) is 62.8 Å². The zero-order valence-corrected chi connectivity index (χ0v) is 16.3. The Kier molecular flexibility index (Phi) is 6.48. The lowest BCUT2D eigenvalue weighted by Crippen LogP contribution is -3.22. The summed E-state index contributed by atoms with van der Waals surface area (Å²) in [4.78, 5) is 15.9. The Morgan fingerprint density at radius 1 is 1.15 bits per heavy atom. The number of nitrogens with two attached hydrogens (primary N) is 1. The van der Waals surface area contributed by atoms with Crippen molar-refractivity contribution in [2.45, 2.75) is 44.1 Å². The molecule has 2 aliphatic rings. The fourth-order valence-corrected chi connectivity index (χ4v) is 4.68. The van der Waals surface area contributed by atoms with E-state index in [9.17, 15) is 4.79 Å². The van der Waals surface area contributed by atoms with Crippen molar-refractivity contribution in [1.29, 1.82) is 0 Å². The van der Waals surface area contributed by atoms with Crippen LogP contribution < -0.4 is 16.0 Å². The van der Waals surface area contributed by atoms with Crippen LogP contribution in [-0.4, -0.2) is 54.2 Å². The highest BCUT2D eigenvalue weighted by molar-refractivity contribution is 7.80. The van der Waals surface area contributed by atoms with Crippen molar-refractivity contribution in [3.63, 3.8) is 0 Å². The first-order chi connectivity index (χ1) is 12.6. The predicted molar refractivity (Wildman–Crippen MR) is 108 cm³/mol. The number of quaternary nitrogens is 1. The zero-order chi connectivity index (χ0) is 18.4. The second-order valence-electron chi connectivity index (χ2n) is 7.57. The Bertz CT molecular complexity index is 607. The Morgan fingerprint density at radius 2 is 1.81 bits per heavy atom. The summed E-state index contributed by atoms with van der Waals surface area (Å²) < 4.78 is 0. The molecule has 2 heterocycles. The van der Waals surface area contributed by atoms with Crippen molar-refractivity contribution in [1.82, 2.24) is 10.2 Å². The lowest BCUT2D eigenvalue weighted by molar-refractivity contribution is -0.948. The molecule has 0 aromatic heterocycles. The lowest BCUT2D eigenvalue weighted by Gasteiger charge is -2.45. The van der Waals surface area contributed by atoms with Crippen LogP contribution in [0.4, 0.5) is 0 Å². The van der Waals surface area contributed by atoms with Gasteiger partial charge in [0.2, 0.25) is 0 Å². The van der Waals surface area contributed by atoms with E-state index in [2.05, 4.69) is 34.5 Å². The van der Waals surface area contributed by atoms with Crippen molar-refractivity contribution in [3.8, 4) is 0 Å². The molecule has 2 fully saturated rings. The van der Waals surface area contributed by atoms with E-state index in [1.165, 1.54) is 29.7 Å². The minimum atomic E-state index is -0.392. The number of thiocarbonyl (C=S) groups is 1. The molecule has 0 saturated carbocycles. The first kappa shape index (κ1) is 19.1. The molecule has 0 radical (unpaired) electrons. The van der Waals surface area contributed by atoms with Crippen LogP contribution in [-0.2, 0) is 11.2 Å². The minimum absolute atomic E-state index is 0.128. The van der Waals surface area contributed by atoms with Gasteiger partial charge in [0, 0.05) is 32.5 Å². The highest BCUT2D eigenvalue weighted by atomic mass is 32.1.